The predicted octanol–water partition coefficient (Wildman–Crippen LogP) is 2.59. The molecule has 0 bridgehead atoms. The molecule has 0 aromatic heterocycles. The number of ketones is 1. The second-order valence-corrected chi connectivity index (χ2v) is 5.81. The zero-order valence-electron chi connectivity index (χ0n) is 12.9. The zero-order valence-corrected chi connectivity index (χ0v) is 12.9. The maximum absolute atomic E-state index is 12.4. The van der Waals surface area contributed by atoms with Crippen LogP contribution in [0.25, 0.3) is 0 Å². The quantitative estimate of drug-likeness (QED) is 0.771. The van der Waals surface area contributed by atoms with Gasteiger partial charge in [-0.25, -0.2) is 0 Å². The number of nitrogens with zero attached hydrogens (tertiary/aromatic N) is 2. The molecule has 1 aromatic carbocycles. The molecule has 3 heteroatoms. The van der Waals surface area contributed by atoms with Crippen LogP contribution in [0.15, 0.2) is 24.3 Å². The summed E-state index contributed by atoms with van der Waals surface area (Å²) in [5.41, 5.74) is 1.95. The van der Waals surface area contributed by atoms with Crippen LogP contribution in [0.3, 0.4) is 0 Å². The fraction of sp³-hybridized carbons (Fsp3) is 0.588. The molecule has 0 saturated carbocycles. The van der Waals surface area contributed by atoms with Crippen molar-refractivity contribution in [2.75, 3.05) is 32.7 Å². The molecule has 2 rings (SSSR count). The van der Waals surface area contributed by atoms with E-state index in [4.69, 9.17) is 0 Å². The van der Waals surface area contributed by atoms with Gasteiger partial charge in [-0.1, -0.05) is 31.2 Å². The number of hydrogen-bond acceptors (Lipinski definition) is 3. The van der Waals surface area contributed by atoms with Crippen LogP contribution in [0.4, 0.5) is 0 Å². The van der Waals surface area contributed by atoms with Crippen molar-refractivity contribution in [1.29, 1.82) is 0 Å². The lowest BCUT2D eigenvalue weighted by Crippen LogP contribution is -2.50. The van der Waals surface area contributed by atoms with Crippen LogP contribution in [0.1, 0.15) is 36.2 Å². The molecule has 110 valence electrons. The van der Waals surface area contributed by atoms with E-state index in [9.17, 15) is 4.79 Å². The minimum Gasteiger partial charge on any atom is -0.298 e. The van der Waals surface area contributed by atoms with Crippen molar-refractivity contribution in [3.05, 3.63) is 35.4 Å². The van der Waals surface area contributed by atoms with E-state index in [2.05, 4.69) is 23.6 Å². The minimum absolute atomic E-state index is 0.250. The Balaban J connectivity index is 1.87. The normalized spacial score (nSPS) is 18.9. The van der Waals surface area contributed by atoms with Gasteiger partial charge in [0.1, 0.15) is 0 Å². The number of Topliss-reactive ketones (excluding diaryl/α,β-unsaturated/α-hetero) is 1. The number of hydrogen-bond donors (Lipinski definition) is 0. The van der Waals surface area contributed by atoms with Gasteiger partial charge in [-0.2, -0.15) is 0 Å². The summed E-state index contributed by atoms with van der Waals surface area (Å²) >= 11 is 0. The van der Waals surface area contributed by atoms with Crippen molar-refractivity contribution < 1.29 is 4.79 Å². The van der Waals surface area contributed by atoms with Gasteiger partial charge in [-0.05, 0) is 25.8 Å². The third-order valence-corrected chi connectivity index (χ3v) is 4.43. The Hall–Kier alpha value is -1.19. The Kier molecular flexibility index (Phi) is 5.32. The van der Waals surface area contributed by atoms with E-state index in [-0.39, 0.29) is 5.78 Å². The summed E-state index contributed by atoms with van der Waals surface area (Å²) in [6.07, 6.45) is 1.20. The Labute approximate surface area is 122 Å². The molecule has 1 atom stereocenters. The van der Waals surface area contributed by atoms with Gasteiger partial charge >= 0.3 is 0 Å². The second kappa shape index (κ2) is 7.00. The summed E-state index contributed by atoms with van der Waals surface area (Å²) < 4.78 is 0. The highest BCUT2D eigenvalue weighted by Gasteiger charge is 2.22. The molecule has 0 N–H and O–H groups in total. The van der Waals surface area contributed by atoms with Gasteiger partial charge in [0, 0.05) is 37.8 Å². The Bertz CT molecular complexity index is 450. The number of carbonyl (C=O) groups excluding carboxylic acids is 1. The smallest absolute Gasteiger partial charge is 0.177 e. The number of aryl methyl sites for hydroxylation is 1. The van der Waals surface area contributed by atoms with Crippen LogP contribution in [-0.2, 0) is 0 Å². The van der Waals surface area contributed by atoms with Gasteiger partial charge in [0.25, 0.3) is 0 Å². The second-order valence-electron chi connectivity index (χ2n) is 5.81. The summed E-state index contributed by atoms with van der Waals surface area (Å²) in [6.45, 7) is 11.2. The van der Waals surface area contributed by atoms with Gasteiger partial charge in [0.2, 0.25) is 0 Å². The molecule has 20 heavy (non-hydrogen) atoms. The lowest BCUT2D eigenvalue weighted by Gasteiger charge is -2.37. The molecule has 0 amide bonds. The molecule has 0 aliphatic carbocycles. The minimum atomic E-state index is 0.250. The van der Waals surface area contributed by atoms with E-state index in [1.807, 2.05) is 31.2 Å². The van der Waals surface area contributed by atoms with Crippen LogP contribution in [0.2, 0.25) is 0 Å². The molecule has 1 heterocycles. The summed E-state index contributed by atoms with van der Waals surface area (Å²) in [6, 6.07) is 8.53. The Morgan fingerprint density at radius 3 is 2.45 bits per heavy atom. The molecule has 1 aromatic rings. The van der Waals surface area contributed by atoms with E-state index < -0.39 is 0 Å². The van der Waals surface area contributed by atoms with Gasteiger partial charge in [-0.15, -0.1) is 0 Å². The molecule has 1 aliphatic heterocycles. The highest BCUT2D eigenvalue weighted by atomic mass is 16.1. The molecule has 1 aliphatic rings. The number of piperazine rings is 1. The zero-order chi connectivity index (χ0) is 14.5. The average Bonchev–Trinajstić information content (AvgIpc) is 2.47. The highest BCUT2D eigenvalue weighted by Crippen LogP contribution is 2.12. The third kappa shape index (κ3) is 3.68. The van der Waals surface area contributed by atoms with Gasteiger partial charge in [0.15, 0.2) is 5.78 Å². The van der Waals surface area contributed by atoms with Crippen molar-refractivity contribution in [3.63, 3.8) is 0 Å². The van der Waals surface area contributed by atoms with E-state index in [0.717, 1.165) is 37.3 Å². The first-order valence-electron chi connectivity index (χ1n) is 7.67. The van der Waals surface area contributed by atoms with E-state index in [0.29, 0.717) is 12.6 Å². The fourth-order valence-corrected chi connectivity index (χ4v) is 2.79. The van der Waals surface area contributed by atoms with Crippen LogP contribution < -0.4 is 0 Å². The highest BCUT2D eigenvalue weighted by molar-refractivity contribution is 5.98. The maximum atomic E-state index is 12.4. The molecular formula is C17H26N2O. The lowest BCUT2D eigenvalue weighted by molar-refractivity contribution is 0.0784. The summed E-state index contributed by atoms with van der Waals surface area (Å²) in [5, 5.41) is 0. The van der Waals surface area contributed by atoms with Crippen molar-refractivity contribution in [2.45, 2.75) is 33.2 Å². The number of carbonyl (C=O) groups is 1. The molecule has 1 unspecified atom stereocenters. The van der Waals surface area contributed by atoms with Crippen molar-refractivity contribution >= 4 is 5.78 Å². The first-order valence-corrected chi connectivity index (χ1v) is 7.67. The van der Waals surface area contributed by atoms with Crippen LogP contribution in [-0.4, -0.2) is 54.3 Å². The van der Waals surface area contributed by atoms with Crippen LogP contribution in [0, 0.1) is 6.92 Å². The van der Waals surface area contributed by atoms with Crippen LogP contribution in [0.5, 0.6) is 0 Å². The summed E-state index contributed by atoms with van der Waals surface area (Å²) in [7, 11) is 0. The van der Waals surface area contributed by atoms with Crippen molar-refractivity contribution in [2.24, 2.45) is 0 Å². The molecule has 0 spiro atoms. The largest absolute Gasteiger partial charge is 0.298 e. The SMILES string of the molecule is CCC(C)N1CCN(CC(=O)c2ccccc2C)CC1. The molecule has 1 saturated heterocycles. The topological polar surface area (TPSA) is 23.6 Å². The fourth-order valence-electron chi connectivity index (χ4n) is 2.79. The molecule has 3 nitrogen and oxygen atoms in total. The Morgan fingerprint density at radius 2 is 1.85 bits per heavy atom. The predicted molar refractivity (Wildman–Crippen MR) is 83.3 cm³/mol. The van der Waals surface area contributed by atoms with Gasteiger partial charge in [0.05, 0.1) is 6.54 Å². The molecule has 1 fully saturated rings. The van der Waals surface area contributed by atoms with E-state index in [1.165, 1.54) is 6.42 Å². The molecule has 0 radical (unpaired) electrons. The van der Waals surface area contributed by atoms with Crippen molar-refractivity contribution in [3.8, 4) is 0 Å². The third-order valence-electron chi connectivity index (χ3n) is 4.43. The number of benzene rings is 1. The van der Waals surface area contributed by atoms with E-state index in [1.54, 1.807) is 0 Å². The first-order chi connectivity index (χ1) is 9.61. The average molecular weight is 274 g/mol. The van der Waals surface area contributed by atoms with E-state index >= 15 is 0 Å². The monoisotopic (exact) mass is 274 g/mol. The summed E-state index contributed by atoms with van der Waals surface area (Å²) in [5.74, 6) is 0.250. The number of rotatable bonds is 5. The molecular weight excluding hydrogens is 248 g/mol. The Morgan fingerprint density at radius 1 is 1.20 bits per heavy atom. The van der Waals surface area contributed by atoms with Gasteiger partial charge < -0.3 is 0 Å². The summed E-state index contributed by atoms with van der Waals surface area (Å²) in [4.78, 5) is 17.2. The lowest BCUT2D eigenvalue weighted by atomic mass is 10.0. The standard InChI is InChI=1S/C17H26N2O/c1-4-15(3)19-11-9-18(10-12-19)13-17(20)16-8-6-5-7-14(16)2/h5-8,15H,4,9-13H2,1-3H3. The van der Waals surface area contributed by atoms with Crippen LogP contribution >= 0.6 is 0 Å². The van der Waals surface area contributed by atoms with Crippen molar-refractivity contribution in [1.82, 2.24) is 9.80 Å². The van der Waals surface area contributed by atoms with Gasteiger partial charge in [-0.3, -0.25) is 14.6 Å². The first kappa shape index (κ1) is 15.2. The maximum Gasteiger partial charge on any atom is 0.177 e.